The van der Waals surface area contributed by atoms with Gasteiger partial charge in [0.05, 0.1) is 11.4 Å². The molecular weight excluding hydrogens is 282 g/mol. The fourth-order valence-corrected chi connectivity index (χ4v) is 3.10. The smallest absolute Gasteiger partial charge is 0.133 e. The van der Waals surface area contributed by atoms with Crippen LogP contribution in [0, 0.1) is 5.92 Å². The molecule has 0 unspecified atom stereocenters. The monoisotopic (exact) mass is 303 g/mol. The van der Waals surface area contributed by atoms with Gasteiger partial charge in [0.25, 0.3) is 0 Å². The Morgan fingerprint density at radius 3 is 2.95 bits per heavy atom. The molecule has 0 aliphatic carbocycles. The molecule has 3 nitrogen and oxygen atoms in total. The van der Waals surface area contributed by atoms with E-state index < -0.39 is 0 Å². The number of hydrogen-bond acceptors (Lipinski definition) is 2. The molecule has 0 saturated heterocycles. The molecule has 0 bridgehead atoms. The van der Waals surface area contributed by atoms with Crippen LogP contribution < -0.4 is 5.32 Å². The number of benzene rings is 1. The predicted molar refractivity (Wildman–Crippen MR) is 88.5 cm³/mol. The average Bonchev–Trinajstić information content (AvgIpc) is 2.62. The highest BCUT2D eigenvalue weighted by Gasteiger charge is 2.21. The van der Waals surface area contributed by atoms with Crippen LogP contribution in [0.1, 0.15) is 37.9 Å². The zero-order valence-electron chi connectivity index (χ0n) is 12.7. The number of anilines is 1. The third-order valence-corrected chi connectivity index (χ3v) is 4.10. The van der Waals surface area contributed by atoms with Crippen LogP contribution in [0.3, 0.4) is 0 Å². The lowest BCUT2D eigenvalue weighted by molar-refractivity contribution is 0.622. The molecule has 0 saturated carbocycles. The van der Waals surface area contributed by atoms with Crippen molar-refractivity contribution in [3.63, 3.8) is 0 Å². The molecule has 21 heavy (non-hydrogen) atoms. The van der Waals surface area contributed by atoms with Crippen molar-refractivity contribution >= 4 is 17.4 Å². The maximum Gasteiger partial charge on any atom is 0.133 e. The average molecular weight is 304 g/mol. The minimum Gasteiger partial charge on any atom is -0.370 e. The van der Waals surface area contributed by atoms with Gasteiger partial charge in [-0.3, -0.25) is 0 Å². The molecule has 0 atom stereocenters. The van der Waals surface area contributed by atoms with Crippen LogP contribution in [0.15, 0.2) is 24.3 Å². The number of hydrogen-bond donors (Lipinski definition) is 1. The molecule has 1 aromatic heterocycles. The molecule has 0 amide bonds. The molecule has 0 fully saturated rings. The van der Waals surface area contributed by atoms with Gasteiger partial charge in [0.2, 0.25) is 0 Å². The van der Waals surface area contributed by atoms with Gasteiger partial charge in [0.15, 0.2) is 0 Å². The third-order valence-electron chi connectivity index (χ3n) is 3.87. The van der Waals surface area contributed by atoms with E-state index in [2.05, 4.69) is 25.2 Å². The number of nitrogens with zero attached hydrogens (tertiary/aromatic N) is 2. The van der Waals surface area contributed by atoms with E-state index in [4.69, 9.17) is 16.7 Å². The summed E-state index contributed by atoms with van der Waals surface area (Å²) in [6, 6.07) is 7.91. The van der Waals surface area contributed by atoms with Gasteiger partial charge in [0, 0.05) is 17.1 Å². The highest BCUT2D eigenvalue weighted by molar-refractivity contribution is 6.30. The van der Waals surface area contributed by atoms with E-state index in [1.165, 1.54) is 24.1 Å². The van der Waals surface area contributed by atoms with Crippen molar-refractivity contribution in [2.45, 2.75) is 39.5 Å². The summed E-state index contributed by atoms with van der Waals surface area (Å²) in [5, 5.41) is 9.19. The standard InChI is InChI=1S/C17H22ClN3/c1-12(2)10-16-15-8-3-4-9-19-17(15)21(20-16)14-7-5-6-13(18)11-14/h5-7,11-12,19H,3-4,8-10H2,1-2H3. The number of rotatable bonds is 3. The van der Waals surface area contributed by atoms with Crippen LogP contribution in [0.5, 0.6) is 0 Å². The Morgan fingerprint density at radius 1 is 1.33 bits per heavy atom. The highest BCUT2D eigenvalue weighted by atomic mass is 35.5. The van der Waals surface area contributed by atoms with E-state index in [0.29, 0.717) is 5.92 Å². The van der Waals surface area contributed by atoms with Crippen molar-refractivity contribution in [2.75, 3.05) is 11.9 Å². The number of nitrogens with one attached hydrogen (secondary N) is 1. The summed E-state index contributed by atoms with van der Waals surface area (Å²) in [6.07, 6.45) is 4.58. The van der Waals surface area contributed by atoms with E-state index in [0.717, 1.165) is 35.9 Å². The highest BCUT2D eigenvalue weighted by Crippen LogP contribution is 2.30. The Balaban J connectivity index is 2.09. The molecular formula is C17H22ClN3. The molecule has 0 spiro atoms. The van der Waals surface area contributed by atoms with Crippen molar-refractivity contribution in [1.29, 1.82) is 0 Å². The zero-order chi connectivity index (χ0) is 14.8. The second kappa shape index (κ2) is 6.10. The lowest BCUT2D eigenvalue weighted by Gasteiger charge is -2.09. The first-order chi connectivity index (χ1) is 10.1. The lowest BCUT2D eigenvalue weighted by atomic mass is 10.0. The molecule has 4 heteroatoms. The summed E-state index contributed by atoms with van der Waals surface area (Å²) >= 11 is 6.14. The van der Waals surface area contributed by atoms with Gasteiger partial charge >= 0.3 is 0 Å². The number of fused-ring (bicyclic) bond motifs is 1. The second-order valence-electron chi connectivity index (χ2n) is 6.15. The van der Waals surface area contributed by atoms with E-state index in [1.807, 2.05) is 22.9 Å². The molecule has 3 rings (SSSR count). The van der Waals surface area contributed by atoms with Crippen LogP contribution in [-0.2, 0) is 12.8 Å². The second-order valence-corrected chi connectivity index (χ2v) is 6.58. The topological polar surface area (TPSA) is 29.9 Å². The fourth-order valence-electron chi connectivity index (χ4n) is 2.92. The van der Waals surface area contributed by atoms with E-state index in [1.54, 1.807) is 0 Å². The fraction of sp³-hybridized carbons (Fsp3) is 0.471. The molecule has 112 valence electrons. The Bertz CT molecular complexity index is 631. The largest absolute Gasteiger partial charge is 0.370 e. The van der Waals surface area contributed by atoms with E-state index >= 15 is 0 Å². The molecule has 2 heterocycles. The van der Waals surface area contributed by atoms with Crippen molar-refractivity contribution in [1.82, 2.24) is 9.78 Å². The van der Waals surface area contributed by atoms with E-state index in [9.17, 15) is 0 Å². The van der Waals surface area contributed by atoms with Crippen molar-refractivity contribution in [3.05, 3.63) is 40.5 Å². The Morgan fingerprint density at radius 2 is 2.19 bits per heavy atom. The zero-order valence-corrected chi connectivity index (χ0v) is 13.5. The predicted octanol–water partition coefficient (Wildman–Crippen LogP) is 4.47. The number of halogens is 1. The van der Waals surface area contributed by atoms with Crippen molar-refractivity contribution in [3.8, 4) is 5.69 Å². The molecule has 1 N–H and O–H groups in total. The van der Waals surface area contributed by atoms with Gasteiger partial charge < -0.3 is 5.32 Å². The molecule has 1 aliphatic rings. The van der Waals surface area contributed by atoms with Crippen molar-refractivity contribution in [2.24, 2.45) is 5.92 Å². The Labute approximate surface area is 131 Å². The first-order valence-electron chi connectivity index (χ1n) is 7.75. The van der Waals surface area contributed by atoms with Crippen LogP contribution in [-0.4, -0.2) is 16.3 Å². The SMILES string of the molecule is CC(C)Cc1nn(-c2cccc(Cl)c2)c2c1CCCCN2. The van der Waals surface area contributed by atoms with Gasteiger partial charge in [-0.25, -0.2) is 4.68 Å². The summed E-state index contributed by atoms with van der Waals surface area (Å²) in [5.74, 6) is 1.77. The maximum atomic E-state index is 6.14. The molecule has 2 aromatic rings. The van der Waals surface area contributed by atoms with Gasteiger partial charge in [0.1, 0.15) is 5.82 Å². The summed E-state index contributed by atoms with van der Waals surface area (Å²) in [7, 11) is 0. The first-order valence-corrected chi connectivity index (χ1v) is 8.13. The Hall–Kier alpha value is -1.48. The van der Waals surface area contributed by atoms with Crippen molar-refractivity contribution < 1.29 is 0 Å². The summed E-state index contributed by atoms with van der Waals surface area (Å²) < 4.78 is 2.03. The van der Waals surface area contributed by atoms with Gasteiger partial charge in [-0.05, 0) is 49.8 Å². The third kappa shape index (κ3) is 3.08. The summed E-state index contributed by atoms with van der Waals surface area (Å²) in [4.78, 5) is 0. The minimum atomic E-state index is 0.611. The Kier molecular flexibility index (Phi) is 4.20. The number of aromatic nitrogens is 2. The summed E-state index contributed by atoms with van der Waals surface area (Å²) in [5.41, 5.74) is 3.65. The van der Waals surface area contributed by atoms with Crippen LogP contribution in [0.2, 0.25) is 5.02 Å². The summed E-state index contributed by atoms with van der Waals surface area (Å²) in [6.45, 7) is 5.50. The maximum absolute atomic E-state index is 6.14. The minimum absolute atomic E-state index is 0.611. The quantitative estimate of drug-likeness (QED) is 0.906. The lowest BCUT2D eigenvalue weighted by Crippen LogP contribution is -2.07. The molecule has 1 aliphatic heterocycles. The van der Waals surface area contributed by atoms with Crippen LogP contribution >= 0.6 is 11.6 Å². The molecule has 1 aromatic carbocycles. The van der Waals surface area contributed by atoms with Crippen LogP contribution in [0.25, 0.3) is 5.69 Å². The first kappa shape index (κ1) is 14.5. The normalized spacial score (nSPS) is 14.7. The van der Waals surface area contributed by atoms with E-state index in [-0.39, 0.29) is 0 Å². The molecule has 0 radical (unpaired) electrons. The van der Waals surface area contributed by atoms with Gasteiger partial charge in [-0.1, -0.05) is 31.5 Å². The van der Waals surface area contributed by atoms with Crippen LogP contribution in [0.4, 0.5) is 5.82 Å². The van der Waals surface area contributed by atoms with Gasteiger partial charge in [-0.15, -0.1) is 0 Å². The van der Waals surface area contributed by atoms with Gasteiger partial charge in [-0.2, -0.15) is 5.10 Å².